The predicted octanol–water partition coefficient (Wildman–Crippen LogP) is 3.04. The number of amides is 2. The Morgan fingerprint density at radius 1 is 1.11 bits per heavy atom. The molecule has 2 aromatic rings. The first-order chi connectivity index (χ1) is 12.8. The Hall–Kier alpha value is -2.96. The third-order valence-corrected chi connectivity index (χ3v) is 3.89. The van der Waals surface area contributed by atoms with Crippen molar-refractivity contribution in [2.75, 3.05) is 7.05 Å². The van der Waals surface area contributed by atoms with Gasteiger partial charge in [-0.2, -0.15) is 0 Å². The maximum Gasteiger partial charge on any atom is 0.261 e. The second kappa shape index (κ2) is 9.12. The number of hydrogen-bond donors (Lipinski definition) is 2. The van der Waals surface area contributed by atoms with Gasteiger partial charge in [0, 0.05) is 25.2 Å². The van der Waals surface area contributed by atoms with Crippen molar-refractivity contribution < 1.29 is 23.1 Å². The molecule has 0 spiro atoms. The van der Waals surface area contributed by atoms with E-state index < -0.39 is 23.6 Å². The van der Waals surface area contributed by atoms with Crippen LogP contribution in [0.25, 0.3) is 0 Å². The lowest BCUT2D eigenvalue weighted by molar-refractivity contribution is -0.130. The maximum atomic E-state index is 13.8. The first-order valence-corrected chi connectivity index (χ1v) is 8.52. The molecular formula is C20H22F2N2O3. The van der Waals surface area contributed by atoms with E-state index in [1.54, 1.807) is 38.1 Å². The Morgan fingerprint density at radius 3 is 2.48 bits per heavy atom. The molecule has 0 aliphatic rings. The molecule has 0 saturated carbocycles. The SMILES string of the molecule is CNC(=O)c1cccc(CNC(=O)C(Oc2ccc(F)cc2F)C(C)C)c1. The Bertz CT molecular complexity index is 825. The van der Waals surface area contributed by atoms with Crippen LogP contribution in [0.1, 0.15) is 29.8 Å². The molecule has 2 rings (SSSR count). The first kappa shape index (κ1) is 20.4. The summed E-state index contributed by atoms with van der Waals surface area (Å²) in [5, 5.41) is 5.26. The Kier molecular flexibility index (Phi) is 6.87. The number of carbonyl (C=O) groups excluding carboxylic acids is 2. The van der Waals surface area contributed by atoms with Gasteiger partial charge in [0.15, 0.2) is 17.7 Å². The van der Waals surface area contributed by atoms with Gasteiger partial charge < -0.3 is 15.4 Å². The molecule has 1 atom stereocenters. The topological polar surface area (TPSA) is 67.4 Å². The van der Waals surface area contributed by atoms with E-state index in [9.17, 15) is 18.4 Å². The Morgan fingerprint density at radius 2 is 1.85 bits per heavy atom. The molecule has 0 aliphatic heterocycles. The summed E-state index contributed by atoms with van der Waals surface area (Å²) < 4.78 is 32.3. The molecule has 5 nitrogen and oxygen atoms in total. The van der Waals surface area contributed by atoms with Crippen LogP contribution in [0.5, 0.6) is 5.75 Å². The van der Waals surface area contributed by atoms with E-state index in [0.717, 1.165) is 17.7 Å². The molecule has 0 saturated heterocycles. The van der Waals surface area contributed by atoms with Gasteiger partial charge in [0.05, 0.1) is 0 Å². The van der Waals surface area contributed by atoms with E-state index in [0.29, 0.717) is 11.6 Å². The molecule has 0 radical (unpaired) electrons. The third-order valence-electron chi connectivity index (χ3n) is 3.89. The van der Waals surface area contributed by atoms with Crippen molar-refractivity contribution in [1.29, 1.82) is 0 Å². The highest BCUT2D eigenvalue weighted by atomic mass is 19.1. The zero-order valence-corrected chi connectivity index (χ0v) is 15.4. The number of halogens is 2. The van der Waals surface area contributed by atoms with Gasteiger partial charge in [-0.3, -0.25) is 9.59 Å². The van der Waals surface area contributed by atoms with E-state index >= 15 is 0 Å². The lowest BCUT2D eigenvalue weighted by Crippen LogP contribution is -2.41. The van der Waals surface area contributed by atoms with Crippen LogP contribution in [0, 0.1) is 17.6 Å². The summed E-state index contributed by atoms with van der Waals surface area (Å²) >= 11 is 0. The Labute approximate surface area is 156 Å². The van der Waals surface area contributed by atoms with Gasteiger partial charge in [-0.05, 0) is 35.7 Å². The van der Waals surface area contributed by atoms with Crippen molar-refractivity contribution in [2.24, 2.45) is 5.92 Å². The fourth-order valence-electron chi connectivity index (χ4n) is 2.46. The standard InChI is InChI=1S/C20H22F2N2O3/c1-12(2)18(27-17-8-7-15(21)10-16(17)22)20(26)24-11-13-5-4-6-14(9-13)19(25)23-3/h4-10,12,18H,11H2,1-3H3,(H,23,25)(H,24,26). The highest BCUT2D eigenvalue weighted by Crippen LogP contribution is 2.21. The molecule has 2 aromatic carbocycles. The number of hydrogen-bond acceptors (Lipinski definition) is 3. The van der Waals surface area contributed by atoms with Gasteiger partial charge in [-0.15, -0.1) is 0 Å². The Balaban J connectivity index is 2.06. The van der Waals surface area contributed by atoms with Crippen molar-refractivity contribution in [1.82, 2.24) is 10.6 Å². The van der Waals surface area contributed by atoms with Crippen molar-refractivity contribution >= 4 is 11.8 Å². The highest BCUT2D eigenvalue weighted by Gasteiger charge is 2.25. The molecule has 144 valence electrons. The fraction of sp³-hybridized carbons (Fsp3) is 0.300. The average molecular weight is 376 g/mol. The van der Waals surface area contributed by atoms with Crippen LogP contribution in [0.2, 0.25) is 0 Å². The fourth-order valence-corrected chi connectivity index (χ4v) is 2.46. The monoisotopic (exact) mass is 376 g/mol. The molecular weight excluding hydrogens is 354 g/mol. The lowest BCUT2D eigenvalue weighted by Gasteiger charge is -2.22. The summed E-state index contributed by atoms with van der Waals surface area (Å²) in [5.41, 5.74) is 1.22. The molecule has 0 aliphatic carbocycles. The van der Waals surface area contributed by atoms with Crippen molar-refractivity contribution in [3.63, 3.8) is 0 Å². The van der Waals surface area contributed by atoms with Gasteiger partial charge in [-0.1, -0.05) is 26.0 Å². The second-order valence-electron chi connectivity index (χ2n) is 6.35. The van der Waals surface area contributed by atoms with Crippen LogP contribution in [0.3, 0.4) is 0 Å². The smallest absolute Gasteiger partial charge is 0.261 e. The number of rotatable bonds is 7. The van der Waals surface area contributed by atoms with Crippen LogP contribution in [-0.4, -0.2) is 25.0 Å². The van der Waals surface area contributed by atoms with Gasteiger partial charge >= 0.3 is 0 Å². The largest absolute Gasteiger partial charge is 0.477 e. The quantitative estimate of drug-likeness (QED) is 0.781. The normalized spacial score (nSPS) is 11.8. The second-order valence-corrected chi connectivity index (χ2v) is 6.35. The summed E-state index contributed by atoms with van der Waals surface area (Å²) in [7, 11) is 1.54. The van der Waals surface area contributed by atoms with Crippen LogP contribution in [-0.2, 0) is 11.3 Å². The molecule has 1 unspecified atom stereocenters. The first-order valence-electron chi connectivity index (χ1n) is 8.52. The number of ether oxygens (including phenoxy) is 1. The highest BCUT2D eigenvalue weighted by molar-refractivity contribution is 5.94. The molecule has 0 fully saturated rings. The summed E-state index contributed by atoms with van der Waals surface area (Å²) in [6, 6.07) is 9.76. The molecule has 0 heterocycles. The zero-order valence-electron chi connectivity index (χ0n) is 15.4. The van der Waals surface area contributed by atoms with Crippen LogP contribution in [0.4, 0.5) is 8.78 Å². The van der Waals surface area contributed by atoms with Gasteiger partial charge in [-0.25, -0.2) is 8.78 Å². The van der Waals surface area contributed by atoms with Crippen molar-refractivity contribution in [3.05, 3.63) is 65.2 Å². The van der Waals surface area contributed by atoms with Crippen LogP contribution >= 0.6 is 0 Å². The molecule has 7 heteroatoms. The van der Waals surface area contributed by atoms with Crippen molar-refractivity contribution in [2.45, 2.75) is 26.5 Å². The van der Waals surface area contributed by atoms with E-state index in [1.165, 1.54) is 7.05 Å². The predicted molar refractivity (Wildman–Crippen MR) is 97.3 cm³/mol. The van der Waals surface area contributed by atoms with Gasteiger partial charge in [0.2, 0.25) is 0 Å². The molecule has 0 bridgehead atoms. The minimum Gasteiger partial charge on any atom is -0.477 e. The number of benzene rings is 2. The zero-order chi connectivity index (χ0) is 20.0. The van der Waals surface area contributed by atoms with Crippen molar-refractivity contribution in [3.8, 4) is 5.75 Å². The average Bonchev–Trinajstić information content (AvgIpc) is 2.64. The molecule has 2 amide bonds. The molecule has 2 N–H and O–H groups in total. The molecule has 27 heavy (non-hydrogen) atoms. The summed E-state index contributed by atoms with van der Waals surface area (Å²) in [4.78, 5) is 24.2. The minimum atomic E-state index is -0.952. The number of nitrogens with one attached hydrogen (secondary N) is 2. The van der Waals surface area contributed by atoms with Crippen LogP contribution < -0.4 is 15.4 Å². The number of carbonyl (C=O) groups is 2. The lowest BCUT2D eigenvalue weighted by atomic mass is 10.1. The van der Waals surface area contributed by atoms with Crippen LogP contribution in [0.15, 0.2) is 42.5 Å². The van der Waals surface area contributed by atoms with E-state index in [1.807, 2.05) is 0 Å². The van der Waals surface area contributed by atoms with E-state index in [-0.39, 0.29) is 24.1 Å². The van der Waals surface area contributed by atoms with E-state index in [2.05, 4.69) is 10.6 Å². The summed E-state index contributed by atoms with van der Waals surface area (Å²) in [6.45, 7) is 3.71. The van der Waals surface area contributed by atoms with E-state index in [4.69, 9.17) is 4.74 Å². The van der Waals surface area contributed by atoms with Gasteiger partial charge in [0.25, 0.3) is 11.8 Å². The third kappa shape index (κ3) is 5.51. The summed E-state index contributed by atoms with van der Waals surface area (Å²) in [5.74, 6) is -2.68. The van der Waals surface area contributed by atoms with Gasteiger partial charge in [0.1, 0.15) is 5.82 Å². The molecule has 0 aromatic heterocycles. The minimum absolute atomic E-state index is 0.183. The maximum absolute atomic E-state index is 13.8. The summed E-state index contributed by atoms with van der Waals surface area (Å²) in [6.07, 6.45) is -0.952.